The first-order valence-electron chi connectivity index (χ1n) is 11.1. The number of hydrogen-bond acceptors (Lipinski definition) is 1. The lowest BCUT2D eigenvalue weighted by molar-refractivity contribution is 0.618. The van der Waals surface area contributed by atoms with Crippen LogP contribution in [0.2, 0.25) is 0 Å². The molecule has 166 valence electrons. The molecule has 5 rings (SSSR count). The van der Waals surface area contributed by atoms with E-state index in [0.29, 0.717) is 11.4 Å². The molecule has 5 aromatic rings. The molecule has 0 aliphatic heterocycles. The number of benzene rings is 5. The zero-order chi connectivity index (χ0) is 23.5. The van der Waals surface area contributed by atoms with Gasteiger partial charge in [-0.05, 0) is 57.6 Å². The van der Waals surface area contributed by atoms with Gasteiger partial charge in [0.2, 0.25) is 0 Å². The highest BCUT2D eigenvalue weighted by Gasteiger charge is 2.18. The summed E-state index contributed by atoms with van der Waals surface area (Å²) in [5.41, 5.74) is 6.41. The van der Waals surface area contributed by atoms with Crippen molar-refractivity contribution in [1.82, 2.24) is 0 Å². The molecule has 0 heterocycles. The number of hydrogen-bond donors (Lipinski definition) is 0. The van der Waals surface area contributed by atoms with Gasteiger partial charge in [0.1, 0.15) is 11.6 Å². The highest BCUT2D eigenvalue weighted by molar-refractivity contribution is 5.87. The van der Waals surface area contributed by atoms with Crippen LogP contribution in [0, 0.1) is 11.6 Å². The van der Waals surface area contributed by atoms with E-state index in [2.05, 4.69) is 24.3 Å². The van der Waals surface area contributed by atoms with Gasteiger partial charge in [-0.15, -0.1) is 0 Å². The van der Waals surface area contributed by atoms with Crippen LogP contribution in [-0.4, -0.2) is 7.05 Å². The number of rotatable bonds is 5. The molecule has 34 heavy (non-hydrogen) atoms. The third kappa shape index (κ3) is 4.20. The van der Waals surface area contributed by atoms with E-state index in [1.165, 1.54) is 6.07 Å². The van der Waals surface area contributed by atoms with Crippen LogP contribution in [0.3, 0.4) is 0 Å². The molecular formula is C31H23F2N. The molecule has 0 amide bonds. The maximum Gasteiger partial charge on any atom is 0.147 e. The number of para-hydroxylation sites is 1. The molecule has 0 N–H and O–H groups in total. The molecule has 0 aliphatic rings. The zero-order valence-electron chi connectivity index (χ0n) is 18.8. The van der Waals surface area contributed by atoms with Crippen LogP contribution in [0.5, 0.6) is 0 Å². The standard InChI is InChI=1S/C31H23F2N/c1-34(30-15-9-8-14-28(30)32)31-21-27(24-12-6-3-7-13-24)26(20-29(31)33)25-18-16-23(17-19-25)22-10-4-2-5-11-22/h2-21H,1H3. The van der Waals surface area contributed by atoms with Crippen LogP contribution >= 0.6 is 0 Å². The molecule has 0 unspecified atom stereocenters. The Bertz CT molecular complexity index is 1410. The van der Waals surface area contributed by atoms with Gasteiger partial charge in [-0.1, -0.05) is 97.1 Å². The van der Waals surface area contributed by atoms with E-state index in [0.717, 1.165) is 33.4 Å². The Labute approximate surface area is 198 Å². The summed E-state index contributed by atoms with van der Waals surface area (Å²) >= 11 is 0. The molecule has 0 saturated heterocycles. The van der Waals surface area contributed by atoms with Crippen molar-refractivity contribution >= 4 is 11.4 Å². The smallest absolute Gasteiger partial charge is 0.147 e. The summed E-state index contributed by atoms with van der Waals surface area (Å²) in [5, 5.41) is 0. The van der Waals surface area contributed by atoms with E-state index >= 15 is 4.39 Å². The second kappa shape index (κ2) is 9.32. The van der Waals surface area contributed by atoms with E-state index in [4.69, 9.17) is 0 Å². The van der Waals surface area contributed by atoms with Gasteiger partial charge in [0.25, 0.3) is 0 Å². The van der Waals surface area contributed by atoms with Crippen LogP contribution in [0.15, 0.2) is 121 Å². The summed E-state index contributed by atoms with van der Waals surface area (Å²) in [6.07, 6.45) is 0. The van der Waals surface area contributed by atoms with Crippen LogP contribution in [-0.2, 0) is 0 Å². The maximum absolute atomic E-state index is 15.5. The Balaban J connectivity index is 1.63. The Morgan fingerprint density at radius 2 is 0.912 bits per heavy atom. The summed E-state index contributed by atoms with van der Waals surface area (Å²) in [5.74, 6) is -0.807. The quantitative estimate of drug-likeness (QED) is 0.260. The van der Waals surface area contributed by atoms with E-state index in [1.807, 2.05) is 60.7 Å². The molecule has 0 fully saturated rings. The van der Waals surface area contributed by atoms with Gasteiger partial charge < -0.3 is 4.90 Å². The van der Waals surface area contributed by atoms with Gasteiger partial charge in [-0.2, -0.15) is 0 Å². The molecule has 0 aliphatic carbocycles. The summed E-state index contributed by atoms with van der Waals surface area (Å²) in [6, 6.07) is 37.9. The first kappa shape index (κ1) is 21.6. The molecule has 0 saturated carbocycles. The van der Waals surface area contributed by atoms with Crippen molar-refractivity contribution in [3.63, 3.8) is 0 Å². The molecule has 3 heteroatoms. The summed E-state index contributed by atoms with van der Waals surface area (Å²) < 4.78 is 29.9. The Morgan fingerprint density at radius 3 is 1.56 bits per heavy atom. The first-order valence-corrected chi connectivity index (χ1v) is 11.1. The molecule has 0 bridgehead atoms. The van der Waals surface area contributed by atoms with Crippen molar-refractivity contribution in [2.24, 2.45) is 0 Å². The van der Waals surface area contributed by atoms with Crippen LogP contribution in [0.4, 0.5) is 20.2 Å². The van der Waals surface area contributed by atoms with E-state index in [9.17, 15) is 4.39 Å². The van der Waals surface area contributed by atoms with Gasteiger partial charge in [-0.3, -0.25) is 0 Å². The minimum absolute atomic E-state index is 0.314. The highest BCUT2D eigenvalue weighted by atomic mass is 19.1. The SMILES string of the molecule is CN(c1ccccc1F)c1cc(-c2ccccc2)c(-c2ccc(-c3ccccc3)cc2)cc1F. The fourth-order valence-corrected chi connectivity index (χ4v) is 4.24. The highest BCUT2D eigenvalue weighted by Crippen LogP contribution is 2.39. The normalized spacial score (nSPS) is 10.8. The predicted molar refractivity (Wildman–Crippen MR) is 137 cm³/mol. The lowest BCUT2D eigenvalue weighted by Crippen LogP contribution is -2.13. The van der Waals surface area contributed by atoms with Crippen molar-refractivity contribution in [1.29, 1.82) is 0 Å². The predicted octanol–water partition coefficient (Wildman–Crippen LogP) is 8.73. The number of nitrogens with zero attached hydrogens (tertiary/aromatic N) is 1. The molecule has 1 nitrogen and oxygen atoms in total. The molecule has 0 radical (unpaired) electrons. The van der Waals surface area contributed by atoms with Gasteiger partial charge >= 0.3 is 0 Å². The Kier molecular flexibility index (Phi) is 5.92. The minimum atomic E-state index is -0.410. The van der Waals surface area contributed by atoms with Crippen molar-refractivity contribution in [2.45, 2.75) is 0 Å². The Hall–Kier alpha value is -4.24. The second-order valence-electron chi connectivity index (χ2n) is 8.17. The first-order chi connectivity index (χ1) is 16.6. The van der Waals surface area contributed by atoms with Gasteiger partial charge in [-0.25, -0.2) is 8.78 Å². The van der Waals surface area contributed by atoms with Crippen molar-refractivity contribution in [3.05, 3.63) is 133 Å². The summed E-state index contributed by atoms with van der Waals surface area (Å²) in [6.45, 7) is 0. The third-order valence-corrected chi connectivity index (χ3v) is 6.05. The second-order valence-corrected chi connectivity index (χ2v) is 8.17. The average Bonchev–Trinajstić information content (AvgIpc) is 2.89. The van der Waals surface area contributed by atoms with E-state index in [1.54, 1.807) is 42.3 Å². The van der Waals surface area contributed by atoms with Crippen LogP contribution in [0.1, 0.15) is 0 Å². The van der Waals surface area contributed by atoms with Crippen LogP contribution in [0.25, 0.3) is 33.4 Å². The topological polar surface area (TPSA) is 3.24 Å². The fraction of sp³-hybridized carbons (Fsp3) is 0.0323. The monoisotopic (exact) mass is 447 g/mol. The number of anilines is 2. The summed E-state index contributed by atoms with van der Waals surface area (Å²) in [7, 11) is 1.68. The van der Waals surface area contributed by atoms with Crippen molar-refractivity contribution < 1.29 is 8.78 Å². The number of halogens is 2. The largest absolute Gasteiger partial charge is 0.340 e. The minimum Gasteiger partial charge on any atom is -0.340 e. The summed E-state index contributed by atoms with van der Waals surface area (Å²) in [4.78, 5) is 1.55. The third-order valence-electron chi connectivity index (χ3n) is 6.05. The van der Waals surface area contributed by atoms with Gasteiger partial charge in [0.15, 0.2) is 0 Å². The maximum atomic E-state index is 15.5. The molecular weight excluding hydrogens is 424 g/mol. The lowest BCUT2D eigenvalue weighted by atomic mass is 9.92. The zero-order valence-corrected chi connectivity index (χ0v) is 18.8. The Morgan fingerprint density at radius 1 is 0.441 bits per heavy atom. The van der Waals surface area contributed by atoms with Gasteiger partial charge in [0, 0.05) is 7.05 Å². The van der Waals surface area contributed by atoms with E-state index in [-0.39, 0.29) is 0 Å². The molecule has 0 atom stereocenters. The van der Waals surface area contributed by atoms with Crippen molar-refractivity contribution in [3.8, 4) is 33.4 Å². The van der Waals surface area contributed by atoms with Crippen LogP contribution < -0.4 is 4.90 Å². The lowest BCUT2D eigenvalue weighted by Gasteiger charge is -2.23. The van der Waals surface area contributed by atoms with Gasteiger partial charge in [0.05, 0.1) is 11.4 Å². The molecule has 0 spiro atoms. The average molecular weight is 448 g/mol. The van der Waals surface area contributed by atoms with E-state index < -0.39 is 11.6 Å². The fourth-order valence-electron chi connectivity index (χ4n) is 4.24. The molecule has 5 aromatic carbocycles. The molecule has 0 aromatic heterocycles. The van der Waals surface area contributed by atoms with Crippen molar-refractivity contribution in [2.75, 3.05) is 11.9 Å².